The molecular formula is C12H24O2. The second-order valence-corrected chi connectivity index (χ2v) is 3.86. The number of rotatable bonds is 8. The van der Waals surface area contributed by atoms with Crippen LogP contribution < -0.4 is 0 Å². The maximum atomic E-state index is 11.6. The van der Waals surface area contributed by atoms with Crippen molar-refractivity contribution in [3.63, 3.8) is 0 Å². The number of hydrogen-bond acceptors (Lipinski definition) is 2. The normalized spacial score (nSPS) is 15.1. The smallest absolute Gasteiger partial charge is 0.161 e. The number of unbranched alkanes of at least 4 members (excludes halogenated alkanes) is 1. The molecule has 0 aromatic heterocycles. The van der Waals surface area contributed by atoms with Gasteiger partial charge in [0.2, 0.25) is 0 Å². The van der Waals surface area contributed by atoms with Gasteiger partial charge in [-0.2, -0.15) is 0 Å². The predicted molar refractivity (Wildman–Crippen MR) is 59.5 cm³/mol. The third kappa shape index (κ3) is 3.79. The molecule has 0 aliphatic rings. The number of ketones is 1. The molecule has 84 valence electrons. The molecule has 0 rings (SSSR count). The molecule has 0 aliphatic heterocycles. The minimum atomic E-state index is -0.494. The highest BCUT2D eigenvalue weighted by Gasteiger charge is 2.33. The maximum Gasteiger partial charge on any atom is 0.161 e. The number of carbonyl (C=O) groups is 1. The van der Waals surface area contributed by atoms with Crippen molar-refractivity contribution in [3.05, 3.63) is 0 Å². The van der Waals surface area contributed by atoms with Gasteiger partial charge in [0.15, 0.2) is 5.78 Å². The fraction of sp³-hybridized carbons (Fsp3) is 0.917. The summed E-state index contributed by atoms with van der Waals surface area (Å²) in [6.45, 7) is 8.58. The molecule has 0 bridgehead atoms. The molecule has 0 fully saturated rings. The van der Waals surface area contributed by atoms with Crippen LogP contribution in [0.3, 0.4) is 0 Å². The highest BCUT2D eigenvalue weighted by atomic mass is 16.5. The van der Waals surface area contributed by atoms with Crippen LogP contribution in [0.4, 0.5) is 0 Å². The van der Waals surface area contributed by atoms with Crippen molar-refractivity contribution in [1.29, 1.82) is 0 Å². The van der Waals surface area contributed by atoms with Gasteiger partial charge in [-0.25, -0.2) is 0 Å². The van der Waals surface area contributed by atoms with E-state index in [1.54, 1.807) is 6.92 Å². The molecule has 0 amide bonds. The molecule has 0 aromatic carbocycles. The summed E-state index contributed by atoms with van der Waals surface area (Å²) in [5.74, 6) is 0.182. The number of carbonyl (C=O) groups excluding carboxylic acids is 1. The van der Waals surface area contributed by atoms with Gasteiger partial charge in [-0.15, -0.1) is 0 Å². The second-order valence-electron chi connectivity index (χ2n) is 3.86. The zero-order chi connectivity index (χ0) is 11.0. The fourth-order valence-electron chi connectivity index (χ4n) is 1.64. The van der Waals surface area contributed by atoms with E-state index < -0.39 is 5.60 Å². The van der Waals surface area contributed by atoms with E-state index in [1.165, 1.54) is 0 Å². The quantitative estimate of drug-likeness (QED) is 0.600. The number of hydrogen-bond donors (Lipinski definition) is 0. The Labute approximate surface area is 88.0 Å². The van der Waals surface area contributed by atoms with Crippen LogP contribution in [-0.4, -0.2) is 18.0 Å². The molecule has 14 heavy (non-hydrogen) atoms. The average molecular weight is 200 g/mol. The first-order valence-corrected chi connectivity index (χ1v) is 5.78. The molecule has 0 N–H and O–H groups in total. The summed E-state index contributed by atoms with van der Waals surface area (Å²) >= 11 is 0. The van der Waals surface area contributed by atoms with Crippen LogP contribution in [-0.2, 0) is 9.53 Å². The lowest BCUT2D eigenvalue weighted by molar-refractivity contribution is -0.144. The zero-order valence-corrected chi connectivity index (χ0v) is 10.1. The number of ether oxygens (including phenoxy) is 1. The minimum absolute atomic E-state index is 0.182. The third-order valence-electron chi connectivity index (χ3n) is 2.73. The van der Waals surface area contributed by atoms with Crippen LogP contribution in [0.1, 0.15) is 59.8 Å². The molecule has 0 saturated heterocycles. The van der Waals surface area contributed by atoms with Crippen LogP contribution in [0, 0.1) is 0 Å². The van der Waals surface area contributed by atoms with E-state index in [-0.39, 0.29) is 5.78 Å². The van der Waals surface area contributed by atoms with Crippen molar-refractivity contribution in [1.82, 2.24) is 0 Å². The van der Waals surface area contributed by atoms with Crippen molar-refractivity contribution in [3.8, 4) is 0 Å². The van der Waals surface area contributed by atoms with E-state index in [9.17, 15) is 4.79 Å². The monoisotopic (exact) mass is 200 g/mol. The molecular weight excluding hydrogens is 176 g/mol. The highest BCUT2D eigenvalue weighted by Crippen LogP contribution is 2.24. The van der Waals surface area contributed by atoms with E-state index in [0.29, 0.717) is 6.61 Å². The first-order chi connectivity index (χ1) is 6.63. The maximum absolute atomic E-state index is 11.6. The van der Waals surface area contributed by atoms with Crippen molar-refractivity contribution in [2.75, 3.05) is 6.61 Å². The van der Waals surface area contributed by atoms with Gasteiger partial charge in [0.1, 0.15) is 5.60 Å². The Bertz CT molecular complexity index is 156. The van der Waals surface area contributed by atoms with E-state index in [1.807, 2.05) is 6.92 Å². The van der Waals surface area contributed by atoms with Gasteiger partial charge in [-0.1, -0.05) is 33.6 Å². The first kappa shape index (κ1) is 13.6. The summed E-state index contributed by atoms with van der Waals surface area (Å²) < 4.78 is 5.74. The molecule has 0 spiro atoms. The SMILES string of the molecule is CCCCC(CC)(OCCC)C(C)=O. The Kier molecular flexibility index (Phi) is 6.81. The van der Waals surface area contributed by atoms with Gasteiger partial charge < -0.3 is 4.74 Å². The lowest BCUT2D eigenvalue weighted by Crippen LogP contribution is -2.39. The summed E-state index contributed by atoms with van der Waals surface area (Å²) in [5.41, 5.74) is -0.494. The summed E-state index contributed by atoms with van der Waals surface area (Å²) in [6.07, 6.45) is 4.82. The molecule has 0 heterocycles. The Balaban J connectivity index is 4.35. The largest absolute Gasteiger partial charge is 0.367 e. The molecule has 2 nitrogen and oxygen atoms in total. The molecule has 0 saturated carbocycles. The van der Waals surface area contributed by atoms with Crippen LogP contribution in [0.5, 0.6) is 0 Å². The third-order valence-corrected chi connectivity index (χ3v) is 2.73. The molecule has 2 heteroatoms. The van der Waals surface area contributed by atoms with Gasteiger partial charge in [-0.3, -0.25) is 4.79 Å². The van der Waals surface area contributed by atoms with Crippen molar-refractivity contribution in [2.24, 2.45) is 0 Å². The van der Waals surface area contributed by atoms with E-state index in [2.05, 4.69) is 13.8 Å². The Morgan fingerprint density at radius 2 is 1.86 bits per heavy atom. The van der Waals surface area contributed by atoms with Crippen LogP contribution >= 0.6 is 0 Å². The molecule has 1 atom stereocenters. The van der Waals surface area contributed by atoms with Gasteiger partial charge >= 0.3 is 0 Å². The fourth-order valence-corrected chi connectivity index (χ4v) is 1.64. The van der Waals surface area contributed by atoms with Crippen LogP contribution in [0.15, 0.2) is 0 Å². The van der Waals surface area contributed by atoms with Gasteiger partial charge in [-0.05, 0) is 26.2 Å². The second kappa shape index (κ2) is 6.99. The van der Waals surface area contributed by atoms with E-state index in [4.69, 9.17) is 4.74 Å². The van der Waals surface area contributed by atoms with Crippen LogP contribution in [0.2, 0.25) is 0 Å². The standard InChI is InChI=1S/C12H24O2/c1-5-8-9-12(7-3,11(4)13)14-10-6-2/h5-10H2,1-4H3. The van der Waals surface area contributed by atoms with Crippen molar-refractivity contribution < 1.29 is 9.53 Å². The van der Waals surface area contributed by atoms with Gasteiger partial charge in [0.05, 0.1) is 0 Å². The van der Waals surface area contributed by atoms with E-state index >= 15 is 0 Å². The Morgan fingerprint density at radius 1 is 1.21 bits per heavy atom. The van der Waals surface area contributed by atoms with Gasteiger partial charge in [0.25, 0.3) is 0 Å². The predicted octanol–water partition coefficient (Wildman–Crippen LogP) is 3.34. The van der Waals surface area contributed by atoms with Crippen LogP contribution in [0.25, 0.3) is 0 Å². The minimum Gasteiger partial charge on any atom is -0.367 e. The van der Waals surface area contributed by atoms with E-state index in [0.717, 1.165) is 32.1 Å². The summed E-state index contributed by atoms with van der Waals surface area (Å²) in [6, 6.07) is 0. The zero-order valence-electron chi connectivity index (χ0n) is 10.1. The summed E-state index contributed by atoms with van der Waals surface area (Å²) in [4.78, 5) is 11.6. The van der Waals surface area contributed by atoms with Crippen molar-refractivity contribution in [2.45, 2.75) is 65.4 Å². The Morgan fingerprint density at radius 3 is 2.21 bits per heavy atom. The highest BCUT2D eigenvalue weighted by molar-refractivity contribution is 5.84. The molecule has 0 aliphatic carbocycles. The molecule has 1 unspecified atom stereocenters. The molecule has 0 radical (unpaired) electrons. The Hall–Kier alpha value is -0.370. The lowest BCUT2D eigenvalue weighted by atomic mass is 9.89. The summed E-state index contributed by atoms with van der Waals surface area (Å²) in [5, 5.41) is 0. The van der Waals surface area contributed by atoms with Gasteiger partial charge in [0, 0.05) is 6.61 Å². The first-order valence-electron chi connectivity index (χ1n) is 5.78. The number of Topliss-reactive ketones (excluding diaryl/α,β-unsaturated/α-hetero) is 1. The lowest BCUT2D eigenvalue weighted by Gasteiger charge is -2.30. The summed E-state index contributed by atoms with van der Waals surface area (Å²) in [7, 11) is 0. The topological polar surface area (TPSA) is 26.3 Å². The average Bonchev–Trinajstić information content (AvgIpc) is 2.18. The molecule has 0 aromatic rings. The van der Waals surface area contributed by atoms with Crippen molar-refractivity contribution >= 4 is 5.78 Å².